The third-order valence-electron chi connectivity index (χ3n) is 2.04. The molecule has 0 amide bonds. The van der Waals surface area contributed by atoms with Crippen LogP contribution in [-0.4, -0.2) is 33.4 Å². The Hall–Kier alpha value is -0.720. The summed E-state index contributed by atoms with van der Waals surface area (Å²) in [5.41, 5.74) is 0. The fraction of sp³-hybridized carbons (Fsp3) is 0.455. The van der Waals surface area contributed by atoms with Crippen molar-refractivity contribution < 1.29 is 18.3 Å². The number of nitrogens with one attached hydrogen (secondary N) is 1. The van der Waals surface area contributed by atoms with Crippen LogP contribution in [0.25, 0.3) is 0 Å². The molecule has 0 aliphatic rings. The van der Waals surface area contributed by atoms with Crippen molar-refractivity contribution in [1.82, 2.24) is 5.32 Å². The molecule has 96 valence electrons. The van der Waals surface area contributed by atoms with Gasteiger partial charge in [-0.1, -0.05) is 15.9 Å². The first kappa shape index (κ1) is 14.3. The average Bonchev–Trinajstić information content (AvgIpc) is 2.26. The van der Waals surface area contributed by atoms with Crippen molar-refractivity contribution in [2.24, 2.45) is 0 Å². The van der Waals surface area contributed by atoms with Crippen LogP contribution in [0.3, 0.4) is 0 Å². The third-order valence-corrected chi connectivity index (χ3v) is 2.50. The number of ether oxygens (including phenoxy) is 2. The quantitative estimate of drug-likeness (QED) is 0.818. The van der Waals surface area contributed by atoms with Crippen LogP contribution in [0.1, 0.15) is 0 Å². The predicted octanol–water partition coefficient (Wildman–Crippen LogP) is 2.34. The Morgan fingerprint density at radius 2 is 2.12 bits per heavy atom. The highest BCUT2D eigenvalue weighted by atomic mass is 79.9. The third kappa shape index (κ3) is 4.22. The zero-order chi connectivity index (χ0) is 12.8. The highest BCUT2D eigenvalue weighted by Gasteiger charge is 2.16. The summed E-state index contributed by atoms with van der Waals surface area (Å²) in [5.74, 6) is -2.07. The van der Waals surface area contributed by atoms with E-state index in [0.717, 1.165) is 6.07 Å². The van der Waals surface area contributed by atoms with Gasteiger partial charge in [-0.2, -0.15) is 4.39 Å². The van der Waals surface area contributed by atoms with Crippen molar-refractivity contribution in [3.05, 3.63) is 28.2 Å². The van der Waals surface area contributed by atoms with E-state index in [9.17, 15) is 8.78 Å². The molecule has 1 rings (SSSR count). The first-order chi connectivity index (χ1) is 8.08. The van der Waals surface area contributed by atoms with Gasteiger partial charge in [0, 0.05) is 18.1 Å². The zero-order valence-corrected chi connectivity index (χ0v) is 11.2. The lowest BCUT2D eigenvalue weighted by molar-refractivity contribution is 0.0785. The molecule has 0 fully saturated rings. The lowest BCUT2D eigenvalue weighted by atomic mass is 10.3. The van der Waals surface area contributed by atoms with Crippen LogP contribution in [0.5, 0.6) is 5.75 Å². The number of likely N-dealkylation sites (N-methyl/N-ethyl adjacent to an activating group) is 1. The number of rotatable bonds is 6. The summed E-state index contributed by atoms with van der Waals surface area (Å²) in [6, 6.07) is 2.43. The van der Waals surface area contributed by atoms with Crippen molar-refractivity contribution in [2.45, 2.75) is 6.10 Å². The summed E-state index contributed by atoms with van der Waals surface area (Å²) in [7, 11) is 3.26. The minimum Gasteiger partial charge on any atom is -0.483 e. The first-order valence-electron chi connectivity index (χ1n) is 5.03. The zero-order valence-electron chi connectivity index (χ0n) is 9.60. The maximum atomic E-state index is 13.4. The van der Waals surface area contributed by atoms with Crippen LogP contribution in [0.15, 0.2) is 16.6 Å². The molecule has 6 heteroatoms. The van der Waals surface area contributed by atoms with Crippen molar-refractivity contribution in [2.75, 3.05) is 27.3 Å². The van der Waals surface area contributed by atoms with Gasteiger partial charge in [-0.3, -0.25) is 0 Å². The van der Waals surface area contributed by atoms with Crippen molar-refractivity contribution in [3.8, 4) is 5.75 Å². The molecule has 1 aromatic rings. The molecule has 1 atom stereocenters. The van der Waals surface area contributed by atoms with Crippen LogP contribution in [-0.2, 0) is 4.74 Å². The molecule has 17 heavy (non-hydrogen) atoms. The Bertz CT molecular complexity index is 371. The number of methoxy groups -OCH3 is 1. The maximum absolute atomic E-state index is 13.4. The number of halogens is 3. The average molecular weight is 310 g/mol. The van der Waals surface area contributed by atoms with Gasteiger partial charge in [0.15, 0.2) is 11.6 Å². The maximum Gasteiger partial charge on any atom is 0.200 e. The van der Waals surface area contributed by atoms with Gasteiger partial charge in [0.05, 0.1) is 6.61 Å². The molecule has 0 saturated heterocycles. The van der Waals surface area contributed by atoms with Crippen LogP contribution < -0.4 is 10.1 Å². The minimum atomic E-state index is -0.995. The fourth-order valence-corrected chi connectivity index (χ4v) is 1.75. The second-order valence-electron chi connectivity index (χ2n) is 3.45. The SMILES string of the molecule is CNCC(COC)Oc1cc(Br)cc(F)c1F. The van der Waals surface area contributed by atoms with Gasteiger partial charge in [0.25, 0.3) is 0 Å². The summed E-state index contributed by atoms with van der Waals surface area (Å²) in [6.07, 6.45) is -0.381. The van der Waals surface area contributed by atoms with E-state index in [-0.39, 0.29) is 18.5 Å². The Labute approximate surface area is 107 Å². The van der Waals surface area contributed by atoms with Gasteiger partial charge in [0.2, 0.25) is 5.82 Å². The number of hydrogen-bond acceptors (Lipinski definition) is 3. The van der Waals surface area contributed by atoms with E-state index in [2.05, 4.69) is 21.2 Å². The predicted molar refractivity (Wildman–Crippen MR) is 64.3 cm³/mol. The second kappa shape index (κ2) is 6.88. The summed E-state index contributed by atoms with van der Waals surface area (Å²) < 4.78 is 37.3. The highest BCUT2D eigenvalue weighted by Crippen LogP contribution is 2.26. The van der Waals surface area contributed by atoms with E-state index in [1.807, 2.05) is 0 Å². The van der Waals surface area contributed by atoms with Crippen molar-refractivity contribution in [3.63, 3.8) is 0 Å². The van der Waals surface area contributed by atoms with Gasteiger partial charge in [-0.05, 0) is 19.2 Å². The molecule has 0 heterocycles. The smallest absolute Gasteiger partial charge is 0.200 e. The molecule has 0 saturated carbocycles. The first-order valence-corrected chi connectivity index (χ1v) is 5.82. The Kier molecular flexibility index (Phi) is 5.80. The van der Waals surface area contributed by atoms with Crippen molar-refractivity contribution >= 4 is 15.9 Å². The molecule has 1 unspecified atom stereocenters. The van der Waals surface area contributed by atoms with Crippen molar-refractivity contribution in [1.29, 1.82) is 0 Å². The summed E-state index contributed by atoms with van der Waals surface area (Å²) in [5, 5.41) is 2.89. The standard InChI is InChI=1S/C11H14BrF2NO2/c1-15-5-8(6-16-2)17-10-4-7(12)3-9(13)11(10)14/h3-4,8,15H,5-6H2,1-2H3. The van der Waals surface area contributed by atoms with Gasteiger partial charge < -0.3 is 14.8 Å². The summed E-state index contributed by atoms with van der Waals surface area (Å²) >= 11 is 3.08. The molecular weight excluding hydrogens is 296 g/mol. The van der Waals surface area contributed by atoms with Crippen LogP contribution in [0.2, 0.25) is 0 Å². The minimum absolute atomic E-state index is 0.130. The molecule has 0 aliphatic heterocycles. The molecule has 1 N–H and O–H groups in total. The largest absolute Gasteiger partial charge is 0.483 e. The molecule has 0 radical (unpaired) electrons. The molecular formula is C11H14BrF2NO2. The normalized spacial score (nSPS) is 12.5. The van der Waals surface area contributed by atoms with Gasteiger partial charge in [-0.15, -0.1) is 0 Å². The van der Waals surface area contributed by atoms with E-state index < -0.39 is 11.6 Å². The van der Waals surface area contributed by atoms with Crippen LogP contribution in [0, 0.1) is 11.6 Å². The Balaban J connectivity index is 2.84. The molecule has 0 aliphatic carbocycles. The topological polar surface area (TPSA) is 30.5 Å². The van der Waals surface area contributed by atoms with E-state index >= 15 is 0 Å². The second-order valence-corrected chi connectivity index (χ2v) is 4.37. The monoisotopic (exact) mass is 309 g/mol. The molecule has 0 bridgehead atoms. The molecule has 0 spiro atoms. The molecule has 0 aromatic heterocycles. The van der Waals surface area contributed by atoms with E-state index in [1.54, 1.807) is 7.05 Å². The van der Waals surface area contributed by atoms with Crippen LogP contribution >= 0.6 is 15.9 Å². The van der Waals surface area contributed by atoms with E-state index in [4.69, 9.17) is 9.47 Å². The lowest BCUT2D eigenvalue weighted by Crippen LogP contribution is -2.33. The van der Waals surface area contributed by atoms with Gasteiger partial charge in [0.1, 0.15) is 6.10 Å². The fourth-order valence-electron chi connectivity index (χ4n) is 1.35. The lowest BCUT2D eigenvalue weighted by Gasteiger charge is -2.18. The van der Waals surface area contributed by atoms with E-state index in [1.165, 1.54) is 13.2 Å². The van der Waals surface area contributed by atoms with Gasteiger partial charge in [-0.25, -0.2) is 4.39 Å². The molecule has 1 aromatic carbocycles. The van der Waals surface area contributed by atoms with E-state index in [0.29, 0.717) is 11.0 Å². The van der Waals surface area contributed by atoms with Crippen LogP contribution in [0.4, 0.5) is 8.78 Å². The summed E-state index contributed by atoms with van der Waals surface area (Å²) in [4.78, 5) is 0. The summed E-state index contributed by atoms with van der Waals surface area (Å²) in [6.45, 7) is 0.760. The Morgan fingerprint density at radius 1 is 1.41 bits per heavy atom. The number of hydrogen-bond donors (Lipinski definition) is 1. The number of benzene rings is 1. The Morgan fingerprint density at radius 3 is 2.71 bits per heavy atom. The highest BCUT2D eigenvalue weighted by molar-refractivity contribution is 9.10. The molecule has 3 nitrogen and oxygen atoms in total. The van der Waals surface area contributed by atoms with Gasteiger partial charge >= 0.3 is 0 Å².